The van der Waals surface area contributed by atoms with E-state index >= 15 is 0 Å². The predicted molar refractivity (Wildman–Crippen MR) is 74.5 cm³/mol. The van der Waals surface area contributed by atoms with Crippen LogP contribution in [0.1, 0.15) is 11.8 Å². The molecular weight excluding hydrogens is 274 g/mol. The molecule has 0 saturated carbocycles. The first-order valence-electron chi connectivity index (χ1n) is 6.78. The molecule has 0 radical (unpaired) electrons. The number of para-hydroxylation sites is 1. The molecule has 112 valence electrons. The molecular formula is C15H17NO5. The minimum absolute atomic E-state index is 0.449. The number of aliphatic hydroxyl groups excluding tert-OH is 4. The maximum Gasteiger partial charge on any atom is 0.128 e. The van der Waals surface area contributed by atoms with Crippen molar-refractivity contribution < 1.29 is 25.2 Å². The Morgan fingerprint density at radius 3 is 2.48 bits per heavy atom. The number of aromatic nitrogens is 1. The third-order valence-electron chi connectivity index (χ3n) is 3.80. The average Bonchev–Trinajstić information content (AvgIpc) is 2.52. The van der Waals surface area contributed by atoms with Gasteiger partial charge in [-0.05, 0) is 12.1 Å². The summed E-state index contributed by atoms with van der Waals surface area (Å²) in [5.41, 5.74) is 1.19. The van der Waals surface area contributed by atoms with Crippen molar-refractivity contribution in [2.45, 2.75) is 30.5 Å². The molecule has 0 aliphatic carbocycles. The molecule has 2 aromatic rings. The molecule has 1 aromatic heterocycles. The van der Waals surface area contributed by atoms with Crippen LogP contribution in [-0.2, 0) is 4.74 Å². The second kappa shape index (κ2) is 5.67. The number of nitrogens with zero attached hydrogens (tertiary/aromatic N) is 1. The van der Waals surface area contributed by atoms with E-state index in [1.54, 1.807) is 6.07 Å². The summed E-state index contributed by atoms with van der Waals surface area (Å²) in [6.45, 7) is -0.449. The molecule has 0 amide bonds. The summed E-state index contributed by atoms with van der Waals surface area (Å²) >= 11 is 0. The van der Waals surface area contributed by atoms with Crippen LogP contribution in [0.2, 0.25) is 0 Å². The van der Waals surface area contributed by atoms with E-state index in [1.807, 2.05) is 30.3 Å². The topological polar surface area (TPSA) is 103 Å². The summed E-state index contributed by atoms with van der Waals surface area (Å²) in [6, 6.07) is 11.1. The van der Waals surface area contributed by atoms with Gasteiger partial charge in [-0.2, -0.15) is 0 Å². The lowest BCUT2D eigenvalue weighted by atomic mass is 9.93. The van der Waals surface area contributed by atoms with Gasteiger partial charge in [0, 0.05) is 5.39 Å². The number of hydrogen-bond acceptors (Lipinski definition) is 6. The Bertz CT molecular complexity index is 632. The van der Waals surface area contributed by atoms with Gasteiger partial charge in [-0.25, -0.2) is 4.98 Å². The number of aliphatic hydroxyl groups is 4. The smallest absolute Gasteiger partial charge is 0.128 e. The molecule has 3 rings (SSSR count). The molecule has 21 heavy (non-hydrogen) atoms. The molecule has 6 heteroatoms. The lowest BCUT2D eigenvalue weighted by Crippen LogP contribution is -2.55. The Hall–Kier alpha value is -1.57. The van der Waals surface area contributed by atoms with Crippen molar-refractivity contribution in [1.29, 1.82) is 0 Å². The van der Waals surface area contributed by atoms with Crippen molar-refractivity contribution >= 4 is 10.9 Å². The van der Waals surface area contributed by atoms with Crippen LogP contribution in [0.15, 0.2) is 36.4 Å². The minimum Gasteiger partial charge on any atom is -0.394 e. The Morgan fingerprint density at radius 2 is 1.71 bits per heavy atom. The first-order chi connectivity index (χ1) is 10.1. The van der Waals surface area contributed by atoms with E-state index in [0.717, 1.165) is 10.9 Å². The first-order valence-corrected chi connectivity index (χ1v) is 6.78. The summed E-state index contributed by atoms with van der Waals surface area (Å²) in [5, 5.41) is 39.8. The van der Waals surface area contributed by atoms with Gasteiger partial charge in [0.15, 0.2) is 0 Å². The van der Waals surface area contributed by atoms with Crippen molar-refractivity contribution in [2.24, 2.45) is 0 Å². The van der Waals surface area contributed by atoms with Crippen LogP contribution < -0.4 is 0 Å². The predicted octanol–water partition coefficient (Wildman–Crippen LogP) is -0.250. The molecule has 1 aliphatic rings. The number of benzene rings is 1. The highest BCUT2D eigenvalue weighted by Crippen LogP contribution is 2.32. The van der Waals surface area contributed by atoms with Gasteiger partial charge in [0.2, 0.25) is 0 Å². The lowest BCUT2D eigenvalue weighted by Gasteiger charge is -2.39. The van der Waals surface area contributed by atoms with Gasteiger partial charge < -0.3 is 25.2 Å². The van der Waals surface area contributed by atoms with E-state index in [9.17, 15) is 20.4 Å². The number of rotatable bonds is 2. The zero-order valence-corrected chi connectivity index (χ0v) is 11.2. The van der Waals surface area contributed by atoms with Crippen molar-refractivity contribution in [2.75, 3.05) is 6.61 Å². The molecule has 0 spiro atoms. The monoisotopic (exact) mass is 291 g/mol. The van der Waals surface area contributed by atoms with Crippen LogP contribution in [0.4, 0.5) is 0 Å². The highest BCUT2D eigenvalue weighted by molar-refractivity contribution is 5.78. The van der Waals surface area contributed by atoms with E-state index in [4.69, 9.17) is 4.74 Å². The van der Waals surface area contributed by atoms with Gasteiger partial charge >= 0.3 is 0 Å². The molecule has 5 atom stereocenters. The molecule has 4 N–H and O–H groups in total. The summed E-state index contributed by atoms with van der Waals surface area (Å²) in [5.74, 6) is 0. The van der Waals surface area contributed by atoms with Gasteiger partial charge in [-0.1, -0.05) is 24.3 Å². The standard InChI is InChI=1S/C15H17NO5/c17-7-11-12(18)13(19)14(20)15(21-11)10-6-5-8-3-1-2-4-9(8)16-10/h1-6,11-15,17-20H,7H2/t11-,12+,13+,14-,15?/m1/s1. The van der Waals surface area contributed by atoms with Crippen molar-refractivity contribution in [3.05, 3.63) is 42.1 Å². The van der Waals surface area contributed by atoms with Gasteiger partial charge in [0.05, 0.1) is 17.8 Å². The average molecular weight is 291 g/mol. The van der Waals surface area contributed by atoms with Crippen LogP contribution in [0.25, 0.3) is 10.9 Å². The third kappa shape index (κ3) is 2.52. The van der Waals surface area contributed by atoms with Gasteiger partial charge in [-0.15, -0.1) is 0 Å². The van der Waals surface area contributed by atoms with E-state index < -0.39 is 37.1 Å². The summed E-state index contributed by atoms with van der Waals surface area (Å²) < 4.78 is 5.49. The van der Waals surface area contributed by atoms with Crippen LogP contribution in [0.5, 0.6) is 0 Å². The number of fused-ring (bicyclic) bond motifs is 1. The maximum atomic E-state index is 10.1. The fraction of sp³-hybridized carbons (Fsp3) is 0.400. The number of hydrogen-bond donors (Lipinski definition) is 4. The fourth-order valence-corrected chi connectivity index (χ4v) is 2.59. The van der Waals surface area contributed by atoms with Crippen molar-refractivity contribution in [3.63, 3.8) is 0 Å². The largest absolute Gasteiger partial charge is 0.394 e. The molecule has 1 saturated heterocycles. The molecule has 0 bridgehead atoms. The number of ether oxygens (including phenoxy) is 1. The first kappa shape index (κ1) is 14.4. The quantitative estimate of drug-likeness (QED) is 0.608. The Labute approximate surface area is 121 Å². The normalized spacial score (nSPS) is 33.2. The molecule has 1 aromatic carbocycles. The van der Waals surface area contributed by atoms with Crippen LogP contribution >= 0.6 is 0 Å². The van der Waals surface area contributed by atoms with E-state index in [1.165, 1.54) is 0 Å². The highest BCUT2D eigenvalue weighted by atomic mass is 16.5. The number of pyridine rings is 1. The van der Waals surface area contributed by atoms with E-state index in [2.05, 4.69) is 4.98 Å². The summed E-state index contributed by atoms with van der Waals surface area (Å²) in [7, 11) is 0. The zero-order chi connectivity index (χ0) is 15.0. The van der Waals surface area contributed by atoms with Gasteiger partial charge in [-0.3, -0.25) is 0 Å². The molecule has 1 aliphatic heterocycles. The highest BCUT2D eigenvalue weighted by Gasteiger charge is 2.44. The van der Waals surface area contributed by atoms with Crippen LogP contribution in [0.3, 0.4) is 0 Å². The molecule has 1 fully saturated rings. The van der Waals surface area contributed by atoms with Crippen LogP contribution in [-0.4, -0.2) is 56.4 Å². The van der Waals surface area contributed by atoms with Crippen molar-refractivity contribution in [1.82, 2.24) is 4.98 Å². The Morgan fingerprint density at radius 1 is 0.952 bits per heavy atom. The minimum atomic E-state index is -1.39. The van der Waals surface area contributed by atoms with Gasteiger partial charge in [0.1, 0.15) is 30.5 Å². The van der Waals surface area contributed by atoms with E-state index in [-0.39, 0.29) is 0 Å². The van der Waals surface area contributed by atoms with Crippen LogP contribution in [0, 0.1) is 0 Å². The molecule has 1 unspecified atom stereocenters. The third-order valence-corrected chi connectivity index (χ3v) is 3.80. The van der Waals surface area contributed by atoms with Gasteiger partial charge in [0.25, 0.3) is 0 Å². The fourth-order valence-electron chi connectivity index (χ4n) is 2.59. The Balaban J connectivity index is 1.96. The summed E-state index contributed by atoms with van der Waals surface area (Å²) in [6.07, 6.45) is -5.89. The van der Waals surface area contributed by atoms with Crippen molar-refractivity contribution in [3.8, 4) is 0 Å². The lowest BCUT2D eigenvalue weighted by molar-refractivity contribution is -0.232. The summed E-state index contributed by atoms with van der Waals surface area (Å²) in [4.78, 5) is 4.42. The maximum absolute atomic E-state index is 10.1. The second-order valence-electron chi connectivity index (χ2n) is 5.18. The molecule has 6 nitrogen and oxygen atoms in total. The Kier molecular flexibility index (Phi) is 3.88. The zero-order valence-electron chi connectivity index (χ0n) is 11.2. The second-order valence-corrected chi connectivity index (χ2v) is 5.18. The van der Waals surface area contributed by atoms with E-state index in [0.29, 0.717) is 5.69 Å². The molecule has 2 heterocycles. The SMILES string of the molecule is OC[C@H]1OC(c2ccc3ccccc3n2)[C@H](O)[C@@H](O)[C@H]1O.